The van der Waals surface area contributed by atoms with Gasteiger partial charge in [0.1, 0.15) is 18.1 Å². The van der Waals surface area contributed by atoms with Crippen molar-refractivity contribution < 1.29 is 24.2 Å². The second kappa shape index (κ2) is 8.23. The highest BCUT2D eigenvalue weighted by atomic mass is 16.5. The third-order valence-corrected chi connectivity index (χ3v) is 5.13. The molecule has 0 aromatic heterocycles. The molecule has 1 aromatic carbocycles. The van der Waals surface area contributed by atoms with E-state index in [0.717, 1.165) is 18.7 Å². The zero-order valence-corrected chi connectivity index (χ0v) is 14.9. The van der Waals surface area contributed by atoms with E-state index >= 15 is 0 Å². The number of piperidine rings is 1. The summed E-state index contributed by atoms with van der Waals surface area (Å²) in [5.74, 6) is 1.39. The Kier molecular flexibility index (Phi) is 5.78. The normalized spacial score (nSPS) is 25.5. The molecule has 4 aliphatic rings. The summed E-state index contributed by atoms with van der Waals surface area (Å²) in [7, 11) is 1.61. The van der Waals surface area contributed by atoms with Crippen LogP contribution in [0.1, 0.15) is 23.2 Å². The van der Waals surface area contributed by atoms with Gasteiger partial charge in [-0.15, -0.1) is 0 Å². The van der Waals surface area contributed by atoms with Crippen LogP contribution in [0.5, 0.6) is 11.5 Å². The first kappa shape index (κ1) is 18.3. The van der Waals surface area contributed by atoms with Gasteiger partial charge in [-0.3, -0.25) is 9.59 Å². The molecular formula is C19H24N2O5. The van der Waals surface area contributed by atoms with Gasteiger partial charge in [-0.25, -0.2) is 0 Å². The Labute approximate surface area is 152 Å². The number of hydrogen-bond acceptors (Lipinski definition) is 6. The molecule has 7 heteroatoms. The van der Waals surface area contributed by atoms with Crippen molar-refractivity contribution in [1.29, 1.82) is 0 Å². The lowest BCUT2D eigenvalue weighted by molar-refractivity contribution is -0.122. The maximum Gasteiger partial charge on any atom is 0.290 e. The molecule has 3 fully saturated rings. The number of nitrogens with zero attached hydrogens (tertiary/aromatic N) is 2. The van der Waals surface area contributed by atoms with E-state index in [1.54, 1.807) is 13.2 Å². The van der Waals surface area contributed by atoms with E-state index in [9.17, 15) is 4.79 Å². The minimum absolute atomic E-state index is 0.0595. The summed E-state index contributed by atoms with van der Waals surface area (Å²) < 4.78 is 11.0. The molecule has 0 unspecified atom stereocenters. The van der Waals surface area contributed by atoms with Gasteiger partial charge in [-0.2, -0.15) is 0 Å². The van der Waals surface area contributed by atoms with Gasteiger partial charge < -0.3 is 24.4 Å². The van der Waals surface area contributed by atoms with Crippen LogP contribution in [0.25, 0.3) is 0 Å². The van der Waals surface area contributed by atoms with Crippen LogP contribution in [0.15, 0.2) is 30.0 Å². The minimum Gasteiger partial charge on any atom is -0.497 e. The van der Waals surface area contributed by atoms with Crippen LogP contribution in [0.4, 0.5) is 0 Å². The zero-order valence-electron chi connectivity index (χ0n) is 14.9. The van der Waals surface area contributed by atoms with Gasteiger partial charge in [0.05, 0.1) is 18.2 Å². The molecule has 26 heavy (non-hydrogen) atoms. The van der Waals surface area contributed by atoms with Crippen molar-refractivity contribution in [3.8, 4) is 11.5 Å². The van der Waals surface area contributed by atoms with Crippen molar-refractivity contribution >= 4 is 12.3 Å². The summed E-state index contributed by atoms with van der Waals surface area (Å²) in [5.41, 5.74) is 1.34. The number of carboxylic acid groups (broad SMARTS) is 1. The highest BCUT2D eigenvalue weighted by molar-refractivity contribution is 6.11. The Morgan fingerprint density at radius 3 is 2.65 bits per heavy atom. The summed E-state index contributed by atoms with van der Waals surface area (Å²) in [6.07, 6.45) is 4.41. The van der Waals surface area contributed by atoms with Crippen LogP contribution in [-0.4, -0.2) is 73.1 Å². The molecule has 4 heterocycles. The molecule has 0 saturated carbocycles. The summed E-state index contributed by atoms with van der Waals surface area (Å²) in [6.45, 7) is 4.53. The van der Waals surface area contributed by atoms with Gasteiger partial charge in [0, 0.05) is 38.4 Å². The number of ether oxygens (including phenoxy) is 2. The maximum atomic E-state index is 12.8. The van der Waals surface area contributed by atoms with Gasteiger partial charge >= 0.3 is 0 Å². The molecule has 5 rings (SSSR count). The Morgan fingerprint density at radius 1 is 1.23 bits per heavy atom. The van der Waals surface area contributed by atoms with Gasteiger partial charge in [0.15, 0.2) is 5.78 Å². The number of hydrogen-bond donors (Lipinski definition) is 1. The number of benzene rings is 1. The van der Waals surface area contributed by atoms with Crippen LogP contribution < -0.4 is 9.47 Å². The molecule has 0 radical (unpaired) electrons. The van der Waals surface area contributed by atoms with Gasteiger partial charge in [-0.1, -0.05) is 0 Å². The van der Waals surface area contributed by atoms with Crippen LogP contribution >= 0.6 is 0 Å². The molecule has 0 amide bonds. The second-order valence-corrected chi connectivity index (χ2v) is 6.55. The third-order valence-electron chi connectivity index (χ3n) is 5.13. The van der Waals surface area contributed by atoms with Crippen LogP contribution in [0.2, 0.25) is 0 Å². The lowest BCUT2D eigenvalue weighted by atomic mass is 10.00. The first-order valence-corrected chi connectivity index (χ1v) is 8.78. The predicted molar refractivity (Wildman–Crippen MR) is 95.8 cm³/mol. The number of carbonyl (C=O) groups excluding carboxylic acids is 1. The number of ketones is 1. The zero-order chi connectivity index (χ0) is 18.5. The van der Waals surface area contributed by atoms with Gasteiger partial charge in [0.2, 0.25) is 0 Å². The summed E-state index contributed by atoms with van der Waals surface area (Å²) in [6, 6.07) is 5.96. The average Bonchev–Trinajstić information content (AvgIpc) is 2.98. The van der Waals surface area contributed by atoms with E-state index in [0.29, 0.717) is 29.7 Å². The van der Waals surface area contributed by atoms with Gasteiger partial charge in [-0.05, 0) is 31.0 Å². The molecule has 4 aliphatic heterocycles. The maximum absolute atomic E-state index is 12.8. The molecule has 2 bridgehead atoms. The lowest BCUT2D eigenvalue weighted by Gasteiger charge is -2.31. The van der Waals surface area contributed by atoms with E-state index in [1.165, 1.54) is 25.9 Å². The number of fused-ring (bicyclic) bond motifs is 5. The van der Waals surface area contributed by atoms with Crippen LogP contribution in [0, 0.1) is 0 Å². The molecule has 0 spiro atoms. The fraction of sp³-hybridized carbons (Fsp3) is 0.474. The molecule has 3 saturated heterocycles. The highest BCUT2D eigenvalue weighted by Gasteiger charge is 2.30. The number of rotatable bonds is 2. The SMILES string of the molecule is COc1ccc2c(c1)C(=O)/C(=C/N1CCN3CCC1CC3)CO2.O=CO. The monoisotopic (exact) mass is 360 g/mol. The Hall–Kier alpha value is -2.54. The van der Waals surface area contributed by atoms with E-state index in [1.807, 2.05) is 18.3 Å². The Balaban J connectivity index is 0.000000613. The third kappa shape index (κ3) is 3.83. The van der Waals surface area contributed by atoms with Crippen LogP contribution in [-0.2, 0) is 4.79 Å². The van der Waals surface area contributed by atoms with Crippen molar-refractivity contribution in [3.05, 3.63) is 35.5 Å². The Bertz CT molecular complexity index is 695. The van der Waals surface area contributed by atoms with Crippen molar-refractivity contribution in [3.63, 3.8) is 0 Å². The molecule has 1 N–H and O–H groups in total. The van der Waals surface area contributed by atoms with E-state index in [2.05, 4.69) is 9.80 Å². The van der Waals surface area contributed by atoms with E-state index in [-0.39, 0.29) is 12.3 Å². The lowest BCUT2D eigenvalue weighted by Crippen LogP contribution is -2.36. The van der Waals surface area contributed by atoms with Crippen molar-refractivity contribution in [2.75, 3.05) is 39.9 Å². The minimum atomic E-state index is -0.250. The summed E-state index contributed by atoms with van der Waals surface area (Å²) in [4.78, 5) is 26.0. The van der Waals surface area contributed by atoms with E-state index in [4.69, 9.17) is 19.4 Å². The van der Waals surface area contributed by atoms with Crippen molar-refractivity contribution in [1.82, 2.24) is 9.80 Å². The summed E-state index contributed by atoms with van der Waals surface area (Å²) >= 11 is 0. The fourth-order valence-electron chi connectivity index (χ4n) is 3.71. The number of Topliss-reactive ketones (excluding diaryl/α,β-unsaturated/α-hetero) is 1. The van der Waals surface area contributed by atoms with Crippen molar-refractivity contribution in [2.45, 2.75) is 18.9 Å². The molecule has 0 aliphatic carbocycles. The average molecular weight is 360 g/mol. The quantitative estimate of drug-likeness (QED) is 0.634. The molecule has 0 atom stereocenters. The fourth-order valence-corrected chi connectivity index (χ4v) is 3.71. The Morgan fingerprint density at radius 2 is 1.96 bits per heavy atom. The standard InChI is InChI=1S/C18H22N2O3.CH2O2/c1-22-15-2-3-17-16(10-15)18(21)13(12-23-17)11-20-9-8-19-6-4-14(20)5-7-19;2-1-3/h2-3,10-11,14H,4-9,12H2,1H3;1H,(H,2,3)/b13-11+;. The molecule has 140 valence electrons. The molecule has 1 aromatic rings. The van der Waals surface area contributed by atoms with E-state index < -0.39 is 0 Å². The molecule has 7 nitrogen and oxygen atoms in total. The molecular weight excluding hydrogens is 336 g/mol. The number of methoxy groups -OCH3 is 1. The number of carbonyl (C=O) groups is 2. The largest absolute Gasteiger partial charge is 0.497 e. The predicted octanol–water partition coefficient (Wildman–Crippen LogP) is 1.64. The first-order chi connectivity index (χ1) is 12.7. The first-order valence-electron chi connectivity index (χ1n) is 8.78. The topological polar surface area (TPSA) is 79.3 Å². The van der Waals surface area contributed by atoms with Crippen molar-refractivity contribution in [2.24, 2.45) is 0 Å². The summed E-state index contributed by atoms with van der Waals surface area (Å²) in [5, 5.41) is 6.89. The van der Waals surface area contributed by atoms with Crippen LogP contribution in [0.3, 0.4) is 0 Å². The highest BCUT2D eigenvalue weighted by Crippen LogP contribution is 2.31. The second-order valence-electron chi connectivity index (χ2n) is 6.55. The van der Waals surface area contributed by atoms with Gasteiger partial charge in [0.25, 0.3) is 6.47 Å². The smallest absolute Gasteiger partial charge is 0.290 e.